The lowest BCUT2D eigenvalue weighted by Gasteiger charge is -2.19. The molecule has 6 heteroatoms. The number of aryl methyl sites for hydroxylation is 2. The van der Waals surface area contributed by atoms with Gasteiger partial charge in [-0.25, -0.2) is 15.0 Å². The third-order valence-corrected chi connectivity index (χ3v) is 3.84. The first-order valence-electron chi connectivity index (χ1n) is 8.17. The molecule has 0 aliphatic rings. The van der Waals surface area contributed by atoms with E-state index < -0.39 is 0 Å². The van der Waals surface area contributed by atoms with Gasteiger partial charge in [-0.2, -0.15) is 0 Å². The van der Waals surface area contributed by atoms with Crippen LogP contribution in [0.1, 0.15) is 37.3 Å². The summed E-state index contributed by atoms with van der Waals surface area (Å²) < 4.78 is 2.05. The van der Waals surface area contributed by atoms with Crippen molar-refractivity contribution in [3.8, 4) is 11.4 Å². The van der Waals surface area contributed by atoms with E-state index >= 15 is 0 Å². The Bertz CT molecular complexity index is 796. The average molecular weight is 322 g/mol. The van der Waals surface area contributed by atoms with E-state index in [0.29, 0.717) is 5.82 Å². The Morgan fingerprint density at radius 2 is 2.12 bits per heavy atom. The quantitative estimate of drug-likeness (QED) is 0.752. The molecule has 124 valence electrons. The van der Waals surface area contributed by atoms with Gasteiger partial charge < -0.3 is 9.88 Å². The van der Waals surface area contributed by atoms with E-state index in [1.807, 2.05) is 49.1 Å². The maximum atomic E-state index is 4.67. The lowest BCUT2D eigenvalue weighted by Crippen LogP contribution is -2.16. The Balaban J connectivity index is 1.91. The van der Waals surface area contributed by atoms with Crippen LogP contribution < -0.4 is 5.32 Å². The predicted molar refractivity (Wildman–Crippen MR) is 94.5 cm³/mol. The average Bonchev–Trinajstić information content (AvgIpc) is 3.01. The van der Waals surface area contributed by atoms with Gasteiger partial charge in [-0.1, -0.05) is 13.3 Å². The number of nitrogens with zero attached hydrogens (tertiary/aromatic N) is 5. The zero-order valence-corrected chi connectivity index (χ0v) is 14.3. The van der Waals surface area contributed by atoms with E-state index in [4.69, 9.17) is 0 Å². The Kier molecular flexibility index (Phi) is 4.84. The van der Waals surface area contributed by atoms with Gasteiger partial charge in [-0.3, -0.25) is 4.98 Å². The molecule has 3 heterocycles. The van der Waals surface area contributed by atoms with Gasteiger partial charge in [0.05, 0.1) is 6.04 Å². The summed E-state index contributed by atoms with van der Waals surface area (Å²) in [5.74, 6) is 2.50. The molecule has 3 rings (SSSR count). The molecule has 1 atom stereocenters. The number of hydrogen-bond acceptors (Lipinski definition) is 5. The van der Waals surface area contributed by atoms with E-state index in [9.17, 15) is 0 Å². The van der Waals surface area contributed by atoms with Crippen LogP contribution in [-0.2, 0) is 7.05 Å². The first-order valence-corrected chi connectivity index (χ1v) is 8.17. The van der Waals surface area contributed by atoms with Crippen molar-refractivity contribution in [1.82, 2.24) is 24.5 Å². The van der Waals surface area contributed by atoms with Crippen molar-refractivity contribution in [1.29, 1.82) is 0 Å². The van der Waals surface area contributed by atoms with Crippen LogP contribution in [0, 0.1) is 6.92 Å². The Hall–Kier alpha value is -2.76. The number of imidazole rings is 1. The highest BCUT2D eigenvalue weighted by Crippen LogP contribution is 2.23. The van der Waals surface area contributed by atoms with Gasteiger partial charge in [-0.15, -0.1) is 0 Å². The minimum absolute atomic E-state index is 0.117. The molecular weight excluding hydrogens is 300 g/mol. The minimum Gasteiger partial charge on any atom is -0.360 e. The molecule has 0 aromatic carbocycles. The fraction of sp³-hybridized carbons (Fsp3) is 0.333. The molecular formula is C18H22N6. The molecule has 0 aliphatic carbocycles. The SMILES string of the molecule is CCC[C@@H](Nc1cc(C)nc(-c2cccnc2)n1)c1nccn1C. The number of anilines is 1. The lowest BCUT2D eigenvalue weighted by atomic mass is 10.1. The highest BCUT2D eigenvalue weighted by atomic mass is 15.1. The molecule has 0 saturated carbocycles. The molecule has 0 radical (unpaired) electrons. The third kappa shape index (κ3) is 3.59. The normalized spacial score (nSPS) is 12.1. The molecule has 0 bridgehead atoms. The number of hydrogen-bond donors (Lipinski definition) is 1. The minimum atomic E-state index is 0.117. The molecule has 0 amide bonds. The van der Waals surface area contributed by atoms with Crippen molar-refractivity contribution in [2.75, 3.05) is 5.32 Å². The van der Waals surface area contributed by atoms with Crippen LogP contribution in [0.2, 0.25) is 0 Å². The zero-order chi connectivity index (χ0) is 16.9. The topological polar surface area (TPSA) is 68.5 Å². The molecule has 6 nitrogen and oxygen atoms in total. The summed E-state index contributed by atoms with van der Waals surface area (Å²) >= 11 is 0. The van der Waals surface area contributed by atoms with Crippen molar-refractivity contribution in [3.63, 3.8) is 0 Å². The Morgan fingerprint density at radius 1 is 1.25 bits per heavy atom. The number of aromatic nitrogens is 5. The third-order valence-electron chi connectivity index (χ3n) is 3.84. The van der Waals surface area contributed by atoms with E-state index in [1.165, 1.54) is 0 Å². The molecule has 0 fully saturated rings. The maximum absolute atomic E-state index is 4.67. The molecule has 0 saturated heterocycles. The maximum Gasteiger partial charge on any atom is 0.163 e. The molecule has 1 N–H and O–H groups in total. The molecule has 3 aromatic heterocycles. The van der Waals surface area contributed by atoms with Crippen LogP contribution in [0.3, 0.4) is 0 Å². The number of pyridine rings is 1. The standard InChI is InChI=1S/C18H22N6/c1-4-6-15(18-20-9-10-24(18)3)22-16-11-13(2)21-17(23-16)14-7-5-8-19-12-14/h5,7-12,15H,4,6H2,1-3H3,(H,21,22,23)/t15-/m1/s1. The highest BCUT2D eigenvalue weighted by Gasteiger charge is 2.16. The van der Waals surface area contributed by atoms with Crippen LogP contribution in [0.4, 0.5) is 5.82 Å². The van der Waals surface area contributed by atoms with Crippen molar-refractivity contribution >= 4 is 5.82 Å². The van der Waals surface area contributed by atoms with E-state index in [-0.39, 0.29) is 6.04 Å². The monoisotopic (exact) mass is 322 g/mol. The zero-order valence-electron chi connectivity index (χ0n) is 14.3. The Morgan fingerprint density at radius 3 is 2.79 bits per heavy atom. The van der Waals surface area contributed by atoms with Gasteiger partial charge in [0.2, 0.25) is 0 Å². The van der Waals surface area contributed by atoms with Crippen LogP contribution in [0.25, 0.3) is 11.4 Å². The van der Waals surface area contributed by atoms with E-state index in [0.717, 1.165) is 35.7 Å². The van der Waals surface area contributed by atoms with Gasteiger partial charge >= 0.3 is 0 Å². The van der Waals surface area contributed by atoms with Gasteiger partial charge in [0, 0.05) is 49.2 Å². The second-order valence-corrected chi connectivity index (χ2v) is 5.84. The molecule has 24 heavy (non-hydrogen) atoms. The smallest absolute Gasteiger partial charge is 0.163 e. The van der Waals surface area contributed by atoms with Crippen molar-refractivity contribution in [2.24, 2.45) is 7.05 Å². The highest BCUT2D eigenvalue weighted by molar-refractivity contribution is 5.56. The van der Waals surface area contributed by atoms with E-state index in [2.05, 4.69) is 32.2 Å². The summed E-state index contributed by atoms with van der Waals surface area (Å²) in [5.41, 5.74) is 1.83. The Labute approximate surface area is 142 Å². The molecule has 3 aromatic rings. The predicted octanol–water partition coefficient (Wildman–Crippen LogP) is 3.53. The molecule has 0 aliphatic heterocycles. The summed E-state index contributed by atoms with van der Waals surface area (Å²) in [7, 11) is 2.01. The molecule has 0 unspecified atom stereocenters. The first-order chi connectivity index (χ1) is 11.7. The second-order valence-electron chi connectivity index (χ2n) is 5.84. The van der Waals surface area contributed by atoms with Crippen molar-refractivity contribution in [3.05, 3.63) is 54.5 Å². The summed E-state index contributed by atoms with van der Waals surface area (Å²) in [6, 6.07) is 5.94. The summed E-state index contributed by atoms with van der Waals surface area (Å²) in [6.07, 6.45) is 9.36. The summed E-state index contributed by atoms with van der Waals surface area (Å²) in [5, 5.41) is 3.52. The van der Waals surface area contributed by atoms with Crippen LogP contribution in [0.5, 0.6) is 0 Å². The van der Waals surface area contributed by atoms with Crippen LogP contribution in [0.15, 0.2) is 43.0 Å². The van der Waals surface area contributed by atoms with Gasteiger partial charge in [0.15, 0.2) is 5.82 Å². The van der Waals surface area contributed by atoms with Gasteiger partial charge in [0.25, 0.3) is 0 Å². The van der Waals surface area contributed by atoms with Crippen LogP contribution in [-0.4, -0.2) is 24.5 Å². The van der Waals surface area contributed by atoms with Crippen molar-refractivity contribution < 1.29 is 0 Å². The van der Waals surface area contributed by atoms with Crippen molar-refractivity contribution in [2.45, 2.75) is 32.7 Å². The largest absolute Gasteiger partial charge is 0.360 e. The van der Waals surface area contributed by atoms with Crippen LogP contribution >= 0.6 is 0 Å². The molecule has 0 spiro atoms. The summed E-state index contributed by atoms with van der Waals surface area (Å²) in [6.45, 7) is 4.15. The fourth-order valence-corrected chi connectivity index (χ4v) is 2.71. The summed E-state index contributed by atoms with van der Waals surface area (Å²) in [4.78, 5) is 17.8. The fourth-order valence-electron chi connectivity index (χ4n) is 2.71. The number of nitrogens with one attached hydrogen (secondary N) is 1. The lowest BCUT2D eigenvalue weighted by molar-refractivity contribution is 0.611. The van der Waals surface area contributed by atoms with Gasteiger partial charge in [-0.05, 0) is 25.5 Å². The van der Waals surface area contributed by atoms with E-state index in [1.54, 1.807) is 12.4 Å². The second kappa shape index (κ2) is 7.21. The van der Waals surface area contributed by atoms with Gasteiger partial charge in [0.1, 0.15) is 11.6 Å². The first kappa shape index (κ1) is 16.1. The number of rotatable bonds is 6.